The molecule has 0 aromatic carbocycles. The van der Waals surface area contributed by atoms with Crippen molar-refractivity contribution in [1.82, 2.24) is 9.97 Å². The Morgan fingerprint density at radius 3 is 2.21 bits per heavy atom. The van der Waals surface area contributed by atoms with Crippen molar-refractivity contribution in [3.05, 3.63) is 23.5 Å². The highest BCUT2D eigenvalue weighted by atomic mass is 32.2. The van der Waals surface area contributed by atoms with E-state index in [0.717, 1.165) is 12.8 Å². The molecule has 0 saturated heterocycles. The number of aromatic nitrogens is 2. The van der Waals surface area contributed by atoms with E-state index < -0.39 is 12.1 Å². The van der Waals surface area contributed by atoms with Gasteiger partial charge in [0.25, 0.3) is 0 Å². The lowest BCUT2D eigenvalue weighted by atomic mass is 10.1. The van der Waals surface area contributed by atoms with Crippen LogP contribution >= 0.6 is 11.8 Å². The number of hydrogen-bond donors (Lipinski definition) is 4. The van der Waals surface area contributed by atoms with Gasteiger partial charge in [-0.25, -0.2) is 9.78 Å². The number of hydrogen-bond acceptors (Lipinski definition) is 5. The number of aliphatic hydroxyl groups is 2. The van der Waals surface area contributed by atoms with Crippen molar-refractivity contribution in [1.29, 1.82) is 0 Å². The van der Waals surface area contributed by atoms with Crippen LogP contribution in [0, 0.1) is 6.92 Å². The van der Waals surface area contributed by atoms with E-state index in [1.807, 2.05) is 12.2 Å². The second-order valence-corrected chi connectivity index (χ2v) is 8.72. The molecule has 0 aliphatic heterocycles. The lowest BCUT2D eigenvalue weighted by molar-refractivity contribution is 0.0690. The molecule has 6 nitrogen and oxygen atoms in total. The van der Waals surface area contributed by atoms with Gasteiger partial charge in [0.05, 0.1) is 18.0 Å². The standard InChI is InChI=1S/C22H38N2O4S/c1-3-4-5-6-7-8-9-10-11-12-13-14-15-19(18(26)16-25)29-22-23-17(2)20(24-22)21(27)28/h14-15,18-19,25-26H,3-13,16H2,1-2H3,(H,23,24)(H,27,28)/b15-14-. The number of carboxylic acids is 1. The molecular weight excluding hydrogens is 388 g/mol. The molecular formula is C22H38N2O4S. The highest BCUT2D eigenvalue weighted by Crippen LogP contribution is 2.25. The molecule has 0 spiro atoms. The molecule has 1 rings (SSSR count). The maximum absolute atomic E-state index is 11.1. The minimum absolute atomic E-state index is 0.0147. The number of aryl methyl sites for hydroxylation is 1. The molecule has 0 saturated carbocycles. The van der Waals surface area contributed by atoms with Crippen LogP contribution < -0.4 is 0 Å². The predicted molar refractivity (Wildman–Crippen MR) is 119 cm³/mol. The number of thioether (sulfide) groups is 1. The van der Waals surface area contributed by atoms with Gasteiger partial charge in [0.2, 0.25) is 0 Å². The van der Waals surface area contributed by atoms with Gasteiger partial charge in [-0.05, 0) is 19.8 Å². The fraction of sp³-hybridized carbons (Fsp3) is 0.727. The highest BCUT2D eigenvalue weighted by Gasteiger charge is 2.21. The largest absolute Gasteiger partial charge is 0.476 e. The van der Waals surface area contributed by atoms with E-state index in [1.54, 1.807) is 6.92 Å². The van der Waals surface area contributed by atoms with Gasteiger partial charge in [-0.2, -0.15) is 0 Å². The van der Waals surface area contributed by atoms with Crippen LogP contribution in [0.2, 0.25) is 0 Å². The van der Waals surface area contributed by atoms with Crippen molar-refractivity contribution in [2.75, 3.05) is 6.61 Å². The second-order valence-electron chi connectivity index (χ2n) is 7.55. The summed E-state index contributed by atoms with van der Waals surface area (Å²) in [5, 5.41) is 28.5. The summed E-state index contributed by atoms with van der Waals surface area (Å²) in [4.78, 5) is 18.1. The molecule has 0 radical (unpaired) electrons. The van der Waals surface area contributed by atoms with Gasteiger partial charge in [-0.15, -0.1) is 0 Å². The maximum atomic E-state index is 11.1. The fourth-order valence-corrected chi connectivity index (χ4v) is 4.20. The van der Waals surface area contributed by atoms with Crippen LogP contribution in [0.3, 0.4) is 0 Å². The Kier molecular flexibility index (Phi) is 13.8. The topological polar surface area (TPSA) is 106 Å². The number of unbranched alkanes of at least 4 members (excludes halogenated alkanes) is 10. The van der Waals surface area contributed by atoms with Crippen molar-refractivity contribution in [2.45, 2.75) is 101 Å². The van der Waals surface area contributed by atoms with E-state index >= 15 is 0 Å². The van der Waals surface area contributed by atoms with E-state index in [0.29, 0.717) is 10.9 Å². The Bertz CT molecular complexity index is 604. The third-order valence-electron chi connectivity index (χ3n) is 4.93. The predicted octanol–water partition coefficient (Wildman–Crippen LogP) is 5.10. The number of rotatable bonds is 17. The Hall–Kier alpha value is -1.31. The molecule has 2 atom stereocenters. The Morgan fingerprint density at radius 2 is 1.69 bits per heavy atom. The number of carboxylic acid groups (broad SMARTS) is 1. The number of aromatic carboxylic acids is 1. The first-order valence-corrected chi connectivity index (χ1v) is 11.8. The monoisotopic (exact) mass is 426 g/mol. The molecule has 0 fully saturated rings. The number of H-pyrrole nitrogens is 1. The summed E-state index contributed by atoms with van der Waals surface area (Å²) in [6, 6.07) is 0. The first kappa shape index (κ1) is 25.7. The second kappa shape index (κ2) is 15.5. The molecule has 166 valence electrons. The number of aromatic amines is 1. The van der Waals surface area contributed by atoms with Gasteiger partial charge in [-0.1, -0.05) is 88.6 Å². The highest BCUT2D eigenvalue weighted by molar-refractivity contribution is 8.00. The molecule has 29 heavy (non-hydrogen) atoms. The quantitative estimate of drug-likeness (QED) is 0.157. The molecule has 0 bridgehead atoms. The summed E-state index contributed by atoms with van der Waals surface area (Å²) in [6.45, 7) is 3.54. The summed E-state index contributed by atoms with van der Waals surface area (Å²) in [6.07, 6.45) is 16.9. The number of allylic oxidation sites excluding steroid dienone is 1. The van der Waals surface area contributed by atoms with Gasteiger partial charge in [0.1, 0.15) is 0 Å². The van der Waals surface area contributed by atoms with Crippen LogP contribution in [0.4, 0.5) is 0 Å². The first-order chi connectivity index (χ1) is 14.0. The third-order valence-corrected chi connectivity index (χ3v) is 6.09. The minimum atomic E-state index is -1.08. The average Bonchev–Trinajstić information content (AvgIpc) is 3.07. The van der Waals surface area contributed by atoms with Crippen molar-refractivity contribution < 1.29 is 20.1 Å². The van der Waals surface area contributed by atoms with Gasteiger partial charge in [-0.3, -0.25) is 0 Å². The summed E-state index contributed by atoms with van der Waals surface area (Å²) in [5.74, 6) is -1.08. The number of nitrogens with zero attached hydrogens (tertiary/aromatic N) is 1. The summed E-state index contributed by atoms with van der Waals surface area (Å²) in [5.41, 5.74) is 0.464. The van der Waals surface area contributed by atoms with E-state index in [2.05, 4.69) is 16.9 Å². The third kappa shape index (κ3) is 10.9. The molecule has 1 heterocycles. The number of nitrogens with one attached hydrogen (secondary N) is 1. The van der Waals surface area contributed by atoms with E-state index in [4.69, 9.17) is 5.11 Å². The van der Waals surface area contributed by atoms with Crippen molar-refractivity contribution in [2.24, 2.45) is 0 Å². The van der Waals surface area contributed by atoms with Crippen LogP contribution in [0.1, 0.15) is 93.7 Å². The van der Waals surface area contributed by atoms with Crippen LogP contribution in [-0.4, -0.2) is 49.2 Å². The van der Waals surface area contributed by atoms with E-state index in [-0.39, 0.29) is 17.6 Å². The van der Waals surface area contributed by atoms with Gasteiger partial charge < -0.3 is 20.3 Å². The van der Waals surface area contributed by atoms with Crippen molar-refractivity contribution in [3.63, 3.8) is 0 Å². The molecule has 1 aromatic rings. The number of imidazole rings is 1. The Morgan fingerprint density at radius 1 is 1.10 bits per heavy atom. The lowest BCUT2D eigenvalue weighted by Crippen LogP contribution is -2.25. The van der Waals surface area contributed by atoms with Gasteiger partial charge in [0.15, 0.2) is 10.9 Å². The molecule has 4 N–H and O–H groups in total. The zero-order chi connectivity index (χ0) is 21.5. The summed E-state index contributed by atoms with van der Waals surface area (Å²) >= 11 is 1.23. The Balaban J connectivity index is 2.30. The van der Waals surface area contributed by atoms with Gasteiger partial charge in [0, 0.05) is 5.69 Å². The first-order valence-electron chi connectivity index (χ1n) is 10.9. The van der Waals surface area contributed by atoms with E-state index in [1.165, 1.54) is 69.5 Å². The fourth-order valence-electron chi connectivity index (χ4n) is 3.16. The zero-order valence-corrected chi connectivity index (χ0v) is 18.7. The smallest absolute Gasteiger partial charge is 0.356 e. The molecule has 0 amide bonds. The van der Waals surface area contributed by atoms with Gasteiger partial charge >= 0.3 is 5.97 Å². The van der Waals surface area contributed by atoms with Crippen LogP contribution in [0.15, 0.2) is 17.3 Å². The van der Waals surface area contributed by atoms with Crippen molar-refractivity contribution >= 4 is 17.7 Å². The Labute approximate surface area is 179 Å². The summed E-state index contributed by atoms with van der Waals surface area (Å²) < 4.78 is 0. The zero-order valence-electron chi connectivity index (χ0n) is 17.9. The van der Waals surface area contributed by atoms with E-state index in [9.17, 15) is 15.0 Å². The van der Waals surface area contributed by atoms with Crippen LogP contribution in [0.25, 0.3) is 0 Å². The van der Waals surface area contributed by atoms with Crippen LogP contribution in [0.5, 0.6) is 0 Å². The lowest BCUT2D eigenvalue weighted by Gasteiger charge is -2.16. The molecule has 0 aliphatic carbocycles. The average molecular weight is 427 g/mol. The molecule has 7 heteroatoms. The number of carbonyl (C=O) groups is 1. The maximum Gasteiger partial charge on any atom is 0.356 e. The normalized spacial score (nSPS) is 13.8. The molecule has 2 unspecified atom stereocenters. The molecule has 1 aromatic heterocycles. The van der Waals surface area contributed by atoms with Crippen molar-refractivity contribution in [3.8, 4) is 0 Å². The minimum Gasteiger partial charge on any atom is -0.476 e. The molecule has 0 aliphatic rings. The van der Waals surface area contributed by atoms with Crippen LogP contribution in [-0.2, 0) is 0 Å². The number of aliphatic hydroxyl groups excluding tert-OH is 2. The summed E-state index contributed by atoms with van der Waals surface area (Å²) in [7, 11) is 0. The SMILES string of the molecule is CCCCCCCCCCCC/C=C\C(Sc1nc(C(=O)O)c(C)[nH]1)C(O)CO.